The maximum atomic E-state index is 11.5. The van der Waals surface area contributed by atoms with E-state index in [9.17, 15) is 8.42 Å². The van der Waals surface area contributed by atoms with E-state index in [-0.39, 0.29) is 11.8 Å². The minimum absolute atomic E-state index is 0.0742. The first-order valence-electron chi connectivity index (χ1n) is 5.81. The quantitative estimate of drug-likeness (QED) is 0.867. The van der Waals surface area contributed by atoms with Crippen molar-refractivity contribution in [3.05, 3.63) is 21.4 Å². The molecule has 5 heteroatoms. The fraction of sp³-hybridized carbons (Fsp3) is 0.667. The third-order valence-electron chi connectivity index (χ3n) is 2.56. The Labute approximate surface area is 108 Å². The molecule has 0 saturated carbocycles. The van der Waals surface area contributed by atoms with Crippen LogP contribution in [0.3, 0.4) is 0 Å². The summed E-state index contributed by atoms with van der Waals surface area (Å²) in [7, 11) is -2.97. The van der Waals surface area contributed by atoms with Gasteiger partial charge in [0.25, 0.3) is 0 Å². The van der Waals surface area contributed by atoms with E-state index in [0.717, 1.165) is 18.5 Å². The summed E-state index contributed by atoms with van der Waals surface area (Å²) < 4.78 is 22.9. The van der Waals surface area contributed by atoms with Crippen LogP contribution in [0.4, 0.5) is 0 Å². The van der Waals surface area contributed by atoms with Crippen LogP contribution in [-0.2, 0) is 9.84 Å². The zero-order chi connectivity index (χ0) is 13.1. The van der Waals surface area contributed by atoms with Crippen molar-refractivity contribution < 1.29 is 8.42 Å². The third-order valence-corrected chi connectivity index (χ3v) is 4.49. The van der Waals surface area contributed by atoms with Crippen molar-refractivity contribution in [1.82, 2.24) is 5.32 Å². The van der Waals surface area contributed by atoms with Crippen molar-refractivity contribution >= 4 is 21.2 Å². The van der Waals surface area contributed by atoms with Gasteiger partial charge in [0.2, 0.25) is 0 Å². The second-order valence-electron chi connectivity index (χ2n) is 4.47. The molecule has 1 atom stereocenters. The van der Waals surface area contributed by atoms with Gasteiger partial charge in [-0.25, -0.2) is 8.42 Å². The second-order valence-corrected chi connectivity index (χ2v) is 8.11. The van der Waals surface area contributed by atoms with Gasteiger partial charge in [-0.2, -0.15) is 0 Å². The molecule has 1 aromatic heterocycles. The van der Waals surface area contributed by atoms with Gasteiger partial charge in [0.05, 0.1) is 5.75 Å². The van der Waals surface area contributed by atoms with Gasteiger partial charge in [0.1, 0.15) is 9.84 Å². The lowest BCUT2D eigenvalue weighted by molar-refractivity contribution is 0.549. The second kappa shape index (κ2) is 5.98. The lowest BCUT2D eigenvalue weighted by Crippen LogP contribution is -2.28. The van der Waals surface area contributed by atoms with Crippen LogP contribution >= 0.6 is 11.3 Å². The first-order chi connectivity index (χ1) is 7.83. The van der Waals surface area contributed by atoms with Gasteiger partial charge >= 0.3 is 0 Å². The van der Waals surface area contributed by atoms with Gasteiger partial charge in [-0.15, -0.1) is 11.3 Å². The summed E-state index contributed by atoms with van der Waals surface area (Å²) in [5, 5.41) is 3.32. The summed E-state index contributed by atoms with van der Waals surface area (Å²) in [6.45, 7) is 7.03. The number of hydrogen-bond donors (Lipinski definition) is 1. The summed E-state index contributed by atoms with van der Waals surface area (Å²) in [5.41, 5.74) is 1.13. The summed E-state index contributed by atoms with van der Waals surface area (Å²) in [6, 6.07) is 2.02. The van der Waals surface area contributed by atoms with Crippen LogP contribution in [0.15, 0.2) is 6.07 Å². The lowest BCUT2D eigenvalue weighted by atomic mass is 10.1. The molecule has 1 N–H and O–H groups in total. The lowest BCUT2D eigenvalue weighted by Gasteiger charge is -2.17. The Morgan fingerprint density at radius 1 is 1.41 bits per heavy atom. The maximum absolute atomic E-state index is 11.5. The highest BCUT2D eigenvalue weighted by molar-refractivity contribution is 7.90. The van der Waals surface area contributed by atoms with E-state index in [2.05, 4.69) is 32.2 Å². The predicted molar refractivity (Wildman–Crippen MR) is 74.5 cm³/mol. The molecule has 98 valence electrons. The van der Waals surface area contributed by atoms with E-state index in [1.165, 1.54) is 16.0 Å². The van der Waals surface area contributed by atoms with Gasteiger partial charge in [-0.1, -0.05) is 6.92 Å². The number of sulfone groups is 1. The molecule has 0 bridgehead atoms. The monoisotopic (exact) mass is 275 g/mol. The minimum atomic E-state index is -2.97. The largest absolute Gasteiger partial charge is 0.309 e. The van der Waals surface area contributed by atoms with Crippen LogP contribution in [0.1, 0.15) is 34.7 Å². The molecule has 1 rings (SSSR count). The predicted octanol–water partition coefficient (Wildman–Crippen LogP) is 2.45. The fourth-order valence-corrected chi connectivity index (χ4v) is 3.77. The third kappa shape index (κ3) is 4.77. The minimum Gasteiger partial charge on any atom is -0.309 e. The van der Waals surface area contributed by atoms with Crippen molar-refractivity contribution in [3.8, 4) is 0 Å². The number of thiophene rings is 1. The smallest absolute Gasteiger partial charge is 0.149 e. The zero-order valence-corrected chi connectivity index (χ0v) is 12.5. The first-order valence-corrected chi connectivity index (χ1v) is 8.69. The highest BCUT2D eigenvalue weighted by atomic mass is 32.2. The molecule has 17 heavy (non-hydrogen) atoms. The molecule has 0 aliphatic carbocycles. The fourth-order valence-electron chi connectivity index (χ4n) is 1.88. The van der Waals surface area contributed by atoms with Crippen molar-refractivity contribution in [1.29, 1.82) is 0 Å². The first kappa shape index (κ1) is 14.7. The molecule has 1 heterocycles. The van der Waals surface area contributed by atoms with Crippen molar-refractivity contribution in [2.24, 2.45) is 0 Å². The molecule has 0 amide bonds. The Kier molecular flexibility index (Phi) is 5.16. The van der Waals surface area contributed by atoms with Gasteiger partial charge in [0.15, 0.2) is 0 Å². The van der Waals surface area contributed by atoms with Gasteiger partial charge in [-0.3, -0.25) is 0 Å². The van der Waals surface area contributed by atoms with Crippen LogP contribution in [0.2, 0.25) is 0 Å². The Morgan fingerprint density at radius 3 is 2.47 bits per heavy atom. The molecule has 0 spiro atoms. The highest BCUT2D eigenvalue weighted by Crippen LogP contribution is 2.27. The molecule has 0 radical (unpaired) electrons. The Balaban J connectivity index is 2.93. The molecular formula is C12H21NO2S2. The van der Waals surface area contributed by atoms with E-state index in [1.807, 2.05) is 0 Å². The standard InChI is InChI=1S/C12H21NO2S2/c1-5-6-13-12(8-17(4,14)15)11-7-9(2)16-10(11)3/h7,12-13H,5-6,8H2,1-4H3. The van der Waals surface area contributed by atoms with E-state index >= 15 is 0 Å². The van der Waals surface area contributed by atoms with Crippen LogP contribution < -0.4 is 5.32 Å². The molecule has 0 saturated heterocycles. The van der Waals surface area contributed by atoms with Crippen LogP contribution in [0.5, 0.6) is 0 Å². The number of hydrogen-bond acceptors (Lipinski definition) is 4. The summed E-state index contributed by atoms with van der Waals surface area (Å²) in [6.07, 6.45) is 2.30. The number of aryl methyl sites for hydroxylation is 2. The molecule has 1 aromatic rings. The Bertz CT molecular complexity index is 463. The van der Waals surface area contributed by atoms with Gasteiger partial charge < -0.3 is 5.32 Å². The Hall–Kier alpha value is -0.390. The summed E-state index contributed by atoms with van der Waals surface area (Å²) >= 11 is 1.72. The van der Waals surface area contributed by atoms with Crippen LogP contribution in [0.25, 0.3) is 0 Å². The highest BCUT2D eigenvalue weighted by Gasteiger charge is 2.19. The number of nitrogens with one attached hydrogen (secondary N) is 1. The molecule has 0 aliphatic rings. The zero-order valence-electron chi connectivity index (χ0n) is 10.9. The normalized spacial score (nSPS) is 13.9. The molecule has 1 unspecified atom stereocenters. The van der Waals surface area contributed by atoms with E-state index < -0.39 is 9.84 Å². The van der Waals surface area contributed by atoms with Gasteiger partial charge in [-0.05, 0) is 38.4 Å². The average Bonchev–Trinajstić information content (AvgIpc) is 2.50. The average molecular weight is 275 g/mol. The van der Waals surface area contributed by atoms with E-state index in [1.54, 1.807) is 11.3 Å². The maximum Gasteiger partial charge on any atom is 0.149 e. The van der Waals surface area contributed by atoms with Crippen molar-refractivity contribution in [2.75, 3.05) is 18.6 Å². The summed E-state index contributed by atoms with van der Waals surface area (Å²) in [4.78, 5) is 2.44. The topological polar surface area (TPSA) is 46.2 Å². The van der Waals surface area contributed by atoms with Crippen LogP contribution in [-0.4, -0.2) is 27.0 Å². The number of rotatable bonds is 6. The van der Waals surface area contributed by atoms with E-state index in [4.69, 9.17) is 0 Å². The van der Waals surface area contributed by atoms with Crippen molar-refractivity contribution in [3.63, 3.8) is 0 Å². The van der Waals surface area contributed by atoms with E-state index in [0.29, 0.717) is 0 Å². The van der Waals surface area contributed by atoms with Gasteiger partial charge in [0, 0.05) is 22.1 Å². The van der Waals surface area contributed by atoms with Crippen molar-refractivity contribution in [2.45, 2.75) is 33.2 Å². The SMILES string of the molecule is CCCNC(CS(C)(=O)=O)c1cc(C)sc1C. The molecule has 0 aliphatic heterocycles. The molecular weight excluding hydrogens is 254 g/mol. The molecule has 0 fully saturated rings. The van der Waals surface area contributed by atoms with Crippen LogP contribution in [0, 0.1) is 13.8 Å². The Morgan fingerprint density at radius 2 is 2.06 bits per heavy atom. The summed E-state index contributed by atoms with van der Waals surface area (Å²) in [5.74, 6) is 0.171. The molecule has 3 nitrogen and oxygen atoms in total. The molecule has 0 aromatic carbocycles.